The first-order chi connectivity index (χ1) is 15.2. The SMILES string of the molecule is O=c1[nH]c(-c2cccnc2)nc2c1CN(Cc1cccc(-c3ccc(Cl)cc3)n1)CC2. The van der Waals surface area contributed by atoms with E-state index < -0.39 is 0 Å². The fraction of sp³-hybridized carbons (Fsp3) is 0.167. The number of pyridine rings is 2. The highest BCUT2D eigenvalue weighted by Gasteiger charge is 2.22. The zero-order valence-electron chi connectivity index (χ0n) is 16.8. The molecule has 0 fully saturated rings. The van der Waals surface area contributed by atoms with Crippen LogP contribution >= 0.6 is 11.6 Å². The molecule has 1 N–H and O–H groups in total. The molecular weight excluding hydrogens is 410 g/mol. The van der Waals surface area contributed by atoms with Gasteiger partial charge in [0.15, 0.2) is 0 Å². The van der Waals surface area contributed by atoms with Crippen molar-refractivity contribution in [3.8, 4) is 22.6 Å². The van der Waals surface area contributed by atoms with Gasteiger partial charge in [-0.1, -0.05) is 29.8 Å². The molecule has 7 heteroatoms. The summed E-state index contributed by atoms with van der Waals surface area (Å²) in [7, 11) is 0. The Hall–Kier alpha value is -3.35. The van der Waals surface area contributed by atoms with Crippen LogP contribution < -0.4 is 5.56 Å². The van der Waals surface area contributed by atoms with Gasteiger partial charge in [0.25, 0.3) is 5.56 Å². The summed E-state index contributed by atoms with van der Waals surface area (Å²) in [6, 6.07) is 17.4. The maximum atomic E-state index is 12.8. The number of halogens is 1. The van der Waals surface area contributed by atoms with Crippen molar-refractivity contribution in [2.75, 3.05) is 6.54 Å². The summed E-state index contributed by atoms with van der Waals surface area (Å²) < 4.78 is 0. The van der Waals surface area contributed by atoms with E-state index in [1.165, 1.54) is 0 Å². The lowest BCUT2D eigenvalue weighted by Crippen LogP contribution is -2.35. The van der Waals surface area contributed by atoms with Gasteiger partial charge < -0.3 is 4.98 Å². The minimum Gasteiger partial charge on any atom is -0.306 e. The van der Waals surface area contributed by atoms with Crippen molar-refractivity contribution in [3.05, 3.63) is 99.3 Å². The van der Waals surface area contributed by atoms with Crippen molar-refractivity contribution in [3.63, 3.8) is 0 Å². The van der Waals surface area contributed by atoms with Crippen molar-refractivity contribution in [1.82, 2.24) is 24.8 Å². The summed E-state index contributed by atoms with van der Waals surface area (Å²) in [5, 5.41) is 0.706. The summed E-state index contributed by atoms with van der Waals surface area (Å²) in [5.74, 6) is 0.572. The molecule has 0 bridgehead atoms. The van der Waals surface area contributed by atoms with E-state index in [4.69, 9.17) is 21.6 Å². The summed E-state index contributed by atoms with van der Waals surface area (Å²) in [5.41, 5.74) is 5.22. The van der Waals surface area contributed by atoms with Gasteiger partial charge in [-0.3, -0.25) is 19.7 Å². The number of aromatic amines is 1. The van der Waals surface area contributed by atoms with E-state index >= 15 is 0 Å². The number of fused-ring (bicyclic) bond motifs is 1. The van der Waals surface area contributed by atoms with E-state index in [-0.39, 0.29) is 5.56 Å². The Morgan fingerprint density at radius 1 is 1.00 bits per heavy atom. The number of nitrogens with zero attached hydrogens (tertiary/aromatic N) is 4. The largest absolute Gasteiger partial charge is 0.306 e. The van der Waals surface area contributed by atoms with E-state index in [0.29, 0.717) is 23.9 Å². The third-order valence-corrected chi connectivity index (χ3v) is 5.67. The zero-order chi connectivity index (χ0) is 21.2. The lowest BCUT2D eigenvalue weighted by molar-refractivity contribution is 0.239. The molecule has 0 aliphatic carbocycles. The minimum absolute atomic E-state index is 0.0866. The first-order valence-corrected chi connectivity index (χ1v) is 10.5. The van der Waals surface area contributed by atoms with E-state index in [0.717, 1.165) is 46.7 Å². The van der Waals surface area contributed by atoms with Crippen molar-refractivity contribution in [2.24, 2.45) is 0 Å². The summed E-state index contributed by atoms with van der Waals surface area (Å²) in [4.78, 5) is 31.5. The molecule has 0 unspecified atom stereocenters. The molecule has 4 aromatic rings. The molecule has 1 aliphatic rings. The molecule has 0 amide bonds. The highest BCUT2D eigenvalue weighted by atomic mass is 35.5. The third kappa shape index (κ3) is 4.26. The Balaban J connectivity index is 1.35. The monoisotopic (exact) mass is 429 g/mol. The van der Waals surface area contributed by atoms with Gasteiger partial charge in [0.2, 0.25) is 0 Å². The van der Waals surface area contributed by atoms with Gasteiger partial charge in [0.05, 0.1) is 22.6 Å². The van der Waals surface area contributed by atoms with Crippen LogP contribution in [0.3, 0.4) is 0 Å². The highest BCUT2D eigenvalue weighted by Crippen LogP contribution is 2.22. The number of aromatic nitrogens is 4. The maximum Gasteiger partial charge on any atom is 0.255 e. The molecule has 0 saturated heterocycles. The van der Waals surface area contributed by atoms with Crippen molar-refractivity contribution < 1.29 is 0 Å². The van der Waals surface area contributed by atoms with E-state index in [1.807, 2.05) is 54.6 Å². The van der Waals surface area contributed by atoms with E-state index in [2.05, 4.69) is 14.9 Å². The molecule has 4 heterocycles. The number of rotatable bonds is 4. The molecule has 31 heavy (non-hydrogen) atoms. The van der Waals surface area contributed by atoms with Gasteiger partial charge in [0.1, 0.15) is 5.82 Å². The summed E-state index contributed by atoms with van der Waals surface area (Å²) >= 11 is 5.99. The molecule has 1 aromatic carbocycles. The minimum atomic E-state index is -0.0866. The molecule has 0 atom stereocenters. The van der Waals surface area contributed by atoms with Crippen LogP contribution in [0.5, 0.6) is 0 Å². The van der Waals surface area contributed by atoms with Crippen LogP contribution in [0, 0.1) is 0 Å². The van der Waals surface area contributed by atoms with Crippen LogP contribution in [0.25, 0.3) is 22.6 Å². The Kier molecular flexibility index (Phi) is 5.32. The average molecular weight is 430 g/mol. The molecule has 3 aromatic heterocycles. The zero-order valence-corrected chi connectivity index (χ0v) is 17.5. The van der Waals surface area contributed by atoms with Crippen LogP contribution in [0.15, 0.2) is 71.8 Å². The van der Waals surface area contributed by atoms with Gasteiger partial charge in [0, 0.05) is 54.6 Å². The van der Waals surface area contributed by atoms with Crippen LogP contribution in [-0.2, 0) is 19.5 Å². The molecule has 1 aliphatic heterocycles. The molecule has 0 radical (unpaired) electrons. The van der Waals surface area contributed by atoms with Gasteiger partial charge in [-0.15, -0.1) is 0 Å². The standard InChI is InChI=1S/C24H20ClN5O/c25-18-8-6-16(7-9-18)21-5-1-4-19(27-21)14-30-12-10-22-20(15-30)24(31)29-23(28-22)17-3-2-11-26-13-17/h1-9,11,13H,10,12,14-15H2,(H,28,29,31). The number of H-pyrrole nitrogens is 1. The van der Waals surface area contributed by atoms with Crippen LogP contribution in [0.1, 0.15) is 17.0 Å². The van der Waals surface area contributed by atoms with Crippen molar-refractivity contribution >= 4 is 11.6 Å². The number of hydrogen-bond acceptors (Lipinski definition) is 5. The van der Waals surface area contributed by atoms with Gasteiger partial charge in [-0.05, 0) is 36.4 Å². The first kappa shape index (κ1) is 19.6. The first-order valence-electron chi connectivity index (χ1n) is 10.1. The summed E-state index contributed by atoms with van der Waals surface area (Å²) in [6.07, 6.45) is 4.14. The second-order valence-corrected chi connectivity index (χ2v) is 8.00. The normalized spacial score (nSPS) is 13.7. The molecule has 154 valence electrons. The number of benzene rings is 1. The quantitative estimate of drug-likeness (QED) is 0.528. The molecule has 5 rings (SSSR count). The maximum absolute atomic E-state index is 12.8. The Morgan fingerprint density at radius 2 is 1.87 bits per heavy atom. The lowest BCUT2D eigenvalue weighted by Gasteiger charge is -2.27. The average Bonchev–Trinajstić information content (AvgIpc) is 2.81. The predicted octanol–water partition coefficient (Wildman–Crippen LogP) is 4.11. The topological polar surface area (TPSA) is 74.8 Å². The van der Waals surface area contributed by atoms with Crippen molar-refractivity contribution in [2.45, 2.75) is 19.5 Å². The lowest BCUT2D eigenvalue weighted by atomic mass is 10.1. The summed E-state index contributed by atoms with van der Waals surface area (Å²) in [6.45, 7) is 2.05. The smallest absolute Gasteiger partial charge is 0.255 e. The van der Waals surface area contributed by atoms with Crippen molar-refractivity contribution in [1.29, 1.82) is 0 Å². The van der Waals surface area contributed by atoms with E-state index in [1.54, 1.807) is 12.4 Å². The fourth-order valence-corrected chi connectivity index (χ4v) is 3.96. The third-order valence-electron chi connectivity index (χ3n) is 5.42. The van der Waals surface area contributed by atoms with Crippen LogP contribution in [-0.4, -0.2) is 31.4 Å². The Labute approximate surface area is 184 Å². The Bertz CT molecular complexity index is 1270. The second kappa shape index (κ2) is 8.41. The molecule has 6 nitrogen and oxygen atoms in total. The molecule has 0 spiro atoms. The van der Waals surface area contributed by atoms with Gasteiger partial charge >= 0.3 is 0 Å². The highest BCUT2D eigenvalue weighted by molar-refractivity contribution is 6.30. The fourth-order valence-electron chi connectivity index (χ4n) is 3.83. The number of hydrogen-bond donors (Lipinski definition) is 1. The Morgan fingerprint density at radius 3 is 2.68 bits per heavy atom. The van der Waals surface area contributed by atoms with Gasteiger partial charge in [-0.25, -0.2) is 4.98 Å². The van der Waals surface area contributed by atoms with Crippen LogP contribution in [0.4, 0.5) is 0 Å². The molecule has 0 saturated carbocycles. The van der Waals surface area contributed by atoms with Crippen LogP contribution in [0.2, 0.25) is 5.02 Å². The second-order valence-electron chi connectivity index (χ2n) is 7.56. The van der Waals surface area contributed by atoms with Gasteiger partial charge in [-0.2, -0.15) is 0 Å². The number of nitrogens with one attached hydrogen (secondary N) is 1. The van der Waals surface area contributed by atoms with E-state index in [9.17, 15) is 4.79 Å². The molecular formula is C24H20ClN5O. The predicted molar refractivity (Wildman–Crippen MR) is 121 cm³/mol.